The first-order valence-corrected chi connectivity index (χ1v) is 7.29. The van der Waals surface area contributed by atoms with Gasteiger partial charge >= 0.3 is 0 Å². The summed E-state index contributed by atoms with van der Waals surface area (Å²) in [5, 5.41) is 1.10. The molecule has 0 aliphatic carbocycles. The number of aromatic nitrogens is 2. The second-order valence-corrected chi connectivity index (χ2v) is 6.27. The molecular weight excluding hydrogens is 262 g/mol. The van der Waals surface area contributed by atoms with Crippen molar-refractivity contribution in [1.29, 1.82) is 0 Å². The van der Waals surface area contributed by atoms with Crippen molar-refractivity contribution < 1.29 is 4.79 Å². The molecule has 7 heteroatoms. The third-order valence-corrected chi connectivity index (χ3v) is 3.75. The van der Waals surface area contributed by atoms with Gasteiger partial charge in [-0.1, -0.05) is 25.6 Å². The molecule has 0 radical (unpaired) electrons. The maximum Gasteiger partial charge on any atom is 0.270 e. The Morgan fingerprint density at radius 2 is 2.16 bits per heavy atom. The number of thioether (sulfide) groups is 1. The Balaban J connectivity index is 2.34. The van der Waals surface area contributed by atoms with Gasteiger partial charge in [0.05, 0.1) is 0 Å². The zero-order chi connectivity index (χ0) is 13.8. The Kier molecular flexibility index (Phi) is 4.60. The Labute approximate surface area is 117 Å². The number of hydrogen-bond acceptors (Lipinski definition) is 6. The molecule has 19 heavy (non-hydrogen) atoms. The van der Waals surface area contributed by atoms with Crippen LogP contribution < -0.4 is 16.2 Å². The number of anilines is 1. The Bertz CT molecular complexity index is 459. The van der Waals surface area contributed by atoms with Crippen LogP contribution in [-0.2, 0) is 0 Å². The summed E-state index contributed by atoms with van der Waals surface area (Å²) in [4.78, 5) is 22.7. The van der Waals surface area contributed by atoms with Crippen LogP contribution in [0.25, 0.3) is 0 Å². The normalized spacial score (nSPS) is 15.1. The molecule has 2 heterocycles. The van der Waals surface area contributed by atoms with E-state index in [1.54, 1.807) is 18.0 Å². The summed E-state index contributed by atoms with van der Waals surface area (Å²) in [5.41, 5.74) is 2.60. The van der Waals surface area contributed by atoms with Gasteiger partial charge in [0.1, 0.15) is 11.4 Å². The monoisotopic (exact) mass is 281 g/mol. The maximum atomic E-state index is 11.8. The molecule has 0 unspecified atom stereocenters. The van der Waals surface area contributed by atoms with Crippen LogP contribution in [0.2, 0.25) is 0 Å². The number of hydrogen-bond donors (Lipinski definition) is 2. The first-order valence-electron chi connectivity index (χ1n) is 6.41. The van der Waals surface area contributed by atoms with Crippen molar-refractivity contribution in [2.45, 2.75) is 37.1 Å². The third-order valence-electron chi connectivity index (χ3n) is 2.87. The fourth-order valence-corrected chi connectivity index (χ4v) is 2.71. The van der Waals surface area contributed by atoms with Crippen LogP contribution >= 0.6 is 11.8 Å². The maximum absolute atomic E-state index is 11.8. The van der Waals surface area contributed by atoms with Crippen LogP contribution in [0.5, 0.6) is 0 Å². The van der Waals surface area contributed by atoms with E-state index in [1.807, 2.05) is 0 Å². The average molecular weight is 281 g/mol. The number of nitrogens with one attached hydrogen (secondary N) is 1. The van der Waals surface area contributed by atoms with Gasteiger partial charge in [-0.25, -0.2) is 15.8 Å². The van der Waals surface area contributed by atoms with Crippen molar-refractivity contribution in [1.82, 2.24) is 15.4 Å². The van der Waals surface area contributed by atoms with E-state index in [0.29, 0.717) is 21.8 Å². The van der Waals surface area contributed by atoms with Crippen LogP contribution in [0.3, 0.4) is 0 Å². The number of rotatable bonds is 4. The molecule has 1 fully saturated rings. The fourth-order valence-electron chi connectivity index (χ4n) is 2.03. The van der Waals surface area contributed by atoms with Crippen molar-refractivity contribution in [3.8, 4) is 0 Å². The van der Waals surface area contributed by atoms with Crippen LogP contribution in [0.15, 0.2) is 11.4 Å². The minimum atomic E-state index is -0.344. The van der Waals surface area contributed by atoms with Crippen molar-refractivity contribution in [3.05, 3.63) is 11.8 Å². The number of amides is 1. The van der Waals surface area contributed by atoms with Crippen molar-refractivity contribution >= 4 is 23.5 Å². The number of nitrogens with zero attached hydrogens (tertiary/aromatic N) is 3. The first kappa shape index (κ1) is 14.1. The van der Waals surface area contributed by atoms with Gasteiger partial charge in [-0.2, -0.15) is 0 Å². The topological polar surface area (TPSA) is 84.1 Å². The number of nitrogen functional groups attached to an aromatic ring is 1. The van der Waals surface area contributed by atoms with E-state index in [2.05, 4.69) is 34.1 Å². The molecule has 0 atom stereocenters. The van der Waals surface area contributed by atoms with E-state index in [0.717, 1.165) is 25.9 Å². The fraction of sp³-hybridized carbons (Fsp3) is 0.583. The van der Waals surface area contributed by atoms with Crippen LogP contribution in [0.1, 0.15) is 37.0 Å². The highest BCUT2D eigenvalue weighted by molar-refractivity contribution is 7.99. The van der Waals surface area contributed by atoms with Crippen molar-refractivity contribution in [3.63, 3.8) is 0 Å². The molecule has 0 aromatic carbocycles. The second-order valence-electron chi connectivity index (χ2n) is 4.72. The molecule has 0 saturated carbocycles. The summed E-state index contributed by atoms with van der Waals surface area (Å²) in [5.74, 6) is 5.56. The van der Waals surface area contributed by atoms with E-state index in [9.17, 15) is 4.79 Å². The summed E-state index contributed by atoms with van der Waals surface area (Å²) < 4.78 is 0. The van der Waals surface area contributed by atoms with Gasteiger partial charge in [0, 0.05) is 24.5 Å². The lowest BCUT2D eigenvalue weighted by atomic mass is 10.3. The molecule has 2 rings (SSSR count). The van der Waals surface area contributed by atoms with E-state index < -0.39 is 0 Å². The summed E-state index contributed by atoms with van der Waals surface area (Å²) in [6.07, 6.45) is 3.81. The zero-order valence-electron chi connectivity index (χ0n) is 11.2. The SMILES string of the molecule is CC(C)Sc1ncc(C(=O)NN)c(N2CCCC2)n1. The number of carbonyl (C=O) groups is 1. The Morgan fingerprint density at radius 1 is 1.47 bits per heavy atom. The Hall–Kier alpha value is -1.34. The van der Waals surface area contributed by atoms with Gasteiger partial charge in [-0.15, -0.1) is 0 Å². The molecule has 1 amide bonds. The molecule has 0 bridgehead atoms. The predicted octanol–water partition coefficient (Wildman–Crippen LogP) is 1.18. The molecule has 1 aliphatic rings. The summed E-state index contributed by atoms with van der Waals surface area (Å²) in [7, 11) is 0. The average Bonchev–Trinajstić information content (AvgIpc) is 2.91. The highest BCUT2D eigenvalue weighted by Gasteiger charge is 2.22. The van der Waals surface area contributed by atoms with Gasteiger partial charge in [0.2, 0.25) is 0 Å². The Morgan fingerprint density at radius 3 is 2.74 bits per heavy atom. The predicted molar refractivity (Wildman–Crippen MR) is 76.1 cm³/mol. The summed E-state index contributed by atoms with van der Waals surface area (Å²) in [6, 6.07) is 0. The molecule has 104 valence electrons. The number of carbonyl (C=O) groups excluding carboxylic acids is 1. The van der Waals surface area contributed by atoms with E-state index in [1.165, 1.54) is 0 Å². The summed E-state index contributed by atoms with van der Waals surface area (Å²) >= 11 is 1.59. The molecule has 3 N–H and O–H groups in total. The van der Waals surface area contributed by atoms with Gasteiger partial charge in [-0.3, -0.25) is 10.2 Å². The highest BCUT2D eigenvalue weighted by atomic mass is 32.2. The lowest BCUT2D eigenvalue weighted by Crippen LogP contribution is -2.33. The molecule has 1 aliphatic heterocycles. The van der Waals surface area contributed by atoms with Crippen molar-refractivity contribution in [2.24, 2.45) is 5.84 Å². The minimum Gasteiger partial charge on any atom is -0.356 e. The smallest absolute Gasteiger partial charge is 0.270 e. The van der Waals surface area contributed by atoms with Gasteiger partial charge < -0.3 is 4.90 Å². The molecule has 1 aromatic heterocycles. The molecule has 6 nitrogen and oxygen atoms in total. The summed E-state index contributed by atoms with van der Waals surface area (Å²) in [6.45, 7) is 6.02. The zero-order valence-corrected chi connectivity index (χ0v) is 12.0. The largest absolute Gasteiger partial charge is 0.356 e. The lowest BCUT2D eigenvalue weighted by Gasteiger charge is -2.19. The molecule has 1 aromatic rings. The number of nitrogens with two attached hydrogens (primary N) is 1. The van der Waals surface area contributed by atoms with E-state index in [-0.39, 0.29) is 5.91 Å². The molecule has 1 saturated heterocycles. The van der Waals surface area contributed by atoms with E-state index in [4.69, 9.17) is 5.84 Å². The van der Waals surface area contributed by atoms with Crippen LogP contribution in [0.4, 0.5) is 5.82 Å². The van der Waals surface area contributed by atoms with Crippen LogP contribution in [-0.4, -0.2) is 34.2 Å². The minimum absolute atomic E-state index is 0.344. The quantitative estimate of drug-likeness (QED) is 0.283. The van der Waals surface area contributed by atoms with Gasteiger partial charge in [0.15, 0.2) is 5.16 Å². The molecular formula is C12H19N5OS. The lowest BCUT2D eigenvalue weighted by molar-refractivity contribution is 0.0953. The van der Waals surface area contributed by atoms with Crippen molar-refractivity contribution in [2.75, 3.05) is 18.0 Å². The van der Waals surface area contributed by atoms with Crippen LogP contribution in [0, 0.1) is 0 Å². The standard InChI is InChI=1S/C12H19N5OS/c1-8(2)19-12-14-7-9(11(18)16-13)10(15-12)17-5-3-4-6-17/h7-8H,3-6,13H2,1-2H3,(H,16,18). The first-order chi connectivity index (χ1) is 9.11. The highest BCUT2D eigenvalue weighted by Crippen LogP contribution is 2.26. The molecule has 0 spiro atoms. The van der Waals surface area contributed by atoms with Gasteiger partial charge in [-0.05, 0) is 12.8 Å². The number of hydrazine groups is 1. The van der Waals surface area contributed by atoms with E-state index >= 15 is 0 Å². The third kappa shape index (κ3) is 3.36. The van der Waals surface area contributed by atoms with Gasteiger partial charge in [0.25, 0.3) is 5.91 Å². The second kappa shape index (κ2) is 6.21.